The summed E-state index contributed by atoms with van der Waals surface area (Å²) in [5, 5.41) is 5.75. The van der Waals surface area contributed by atoms with Gasteiger partial charge in [-0.25, -0.2) is 9.37 Å². The van der Waals surface area contributed by atoms with E-state index in [0.717, 1.165) is 31.3 Å². The summed E-state index contributed by atoms with van der Waals surface area (Å²) in [7, 11) is 0. The zero-order chi connectivity index (χ0) is 16.2. The minimum absolute atomic E-state index is 0.115. The number of aryl methyl sites for hydroxylation is 1. The molecular weight excluding hydrogens is 315 g/mol. The van der Waals surface area contributed by atoms with Crippen LogP contribution in [-0.2, 0) is 4.79 Å². The second kappa shape index (κ2) is 7.06. The van der Waals surface area contributed by atoms with Crippen molar-refractivity contribution in [3.8, 4) is 0 Å². The first kappa shape index (κ1) is 15.9. The third kappa shape index (κ3) is 4.05. The lowest BCUT2D eigenvalue weighted by Crippen LogP contribution is -2.48. The number of benzene rings is 1. The number of nitrogens with zero attached hydrogens (tertiary/aromatic N) is 3. The highest BCUT2D eigenvalue weighted by molar-refractivity contribution is 7.13. The van der Waals surface area contributed by atoms with E-state index in [1.54, 1.807) is 36.6 Å². The minimum atomic E-state index is -0.306. The van der Waals surface area contributed by atoms with Gasteiger partial charge in [-0.1, -0.05) is 6.07 Å². The molecule has 23 heavy (non-hydrogen) atoms. The molecular formula is C16H19FN4OS. The monoisotopic (exact) mass is 334 g/mol. The Bertz CT molecular complexity index is 669. The van der Waals surface area contributed by atoms with Gasteiger partial charge < -0.3 is 10.2 Å². The van der Waals surface area contributed by atoms with Gasteiger partial charge in [0, 0.05) is 43.4 Å². The van der Waals surface area contributed by atoms with Crippen LogP contribution in [0.25, 0.3) is 0 Å². The first-order chi connectivity index (χ1) is 11.1. The number of piperazine rings is 1. The second-order valence-corrected chi connectivity index (χ2v) is 6.46. The van der Waals surface area contributed by atoms with Crippen LogP contribution in [0, 0.1) is 12.7 Å². The number of hydrogen-bond donors (Lipinski definition) is 1. The van der Waals surface area contributed by atoms with E-state index < -0.39 is 0 Å². The molecule has 0 aliphatic carbocycles. The largest absolute Gasteiger partial charge is 0.346 e. The lowest BCUT2D eigenvalue weighted by molar-refractivity contribution is -0.117. The Kier molecular flexibility index (Phi) is 4.88. The lowest BCUT2D eigenvalue weighted by Gasteiger charge is -2.34. The summed E-state index contributed by atoms with van der Waals surface area (Å²) in [5.41, 5.74) is 1.07. The van der Waals surface area contributed by atoms with Crippen LogP contribution < -0.4 is 10.2 Å². The van der Waals surface area contributed by atoms with Crippen molar-refractivity contribution < 1.29 is 9.18 Å². The maximum Gasteiger partial charge on any atom is 0.238 e. The van der Waals surface area contributed by atoms with E-state index in [9.17, 15) is 9.18 Å². The number of halogens is 1. The van der Waals surface area contributed by atoms with Crippen LogP contribution in [0.5, 0.6) is 0 Å². The van der Waals surface area contributed by atoms with E-state index in [0.29, 0.717) is 17.8 Å². The highest BCUT2D eigenvalue weighted by Gasteiger charge is 2.20. The van der Waals surface area contributed by atoms with Gasteiger partial charge in [-0.05, 0) is 24.6 Å². The van der Waals surface area contributed by atoms with Crippen molar-refractivity contribution >= 4 is 28.1 Å². The second-order valence-electron chi connectivity index (χ2n) is 5.59. The number of hydrogen-bond acceptors (Lipinski definition) is 5. The van der Waals surface area contributed by atoms with E-state index in [-0.39, 0.29) is 11.7 Å². The summed E-state index contributed by atoms with van der Waals surface area (Å²) in [6, 6.07) is 4.74. The number of nitrogens with one attached hydrogen (secondary N) is 1. The van der Waals surface area contributed by atoms with E-state index in [4.69, 9.17) is 0 Å². The van der Waals surface area contributed by atoms with Crippen molar-refractivity contribution in [2.24, 2.45) is 0 Å². The molecule has 0 spiro atoms. The predicted molar refractivity (Wildman–Crippen MR) is 90.5 cm³/mol. The van der Waals surface area contributed by atoms with Crippen molar-refractivity contribution in [3.05, 3.63) is 41.2 Å². The van der Waals surface area contributed by atoms with E-state index >= 15 is 0 Å². The molecule has 1 amide bonds. The predicted octanol–water partition coefficient (Wildman–Crippen LogP) is 2.35. The van der Waals surface area contributed by atoms with Crippen molar-refractivity contribution in [1.29, 1.82) is 0 Å². The van der Waals surface area contributed by atoms with E-state index in [2.05, 4.69) is 20.1 Å². The van der Waals surface area contributed by atoms with Gasteiger partial charge >= 0.3 is 0 Å². The molecule has 0 unspecified atom stereocenters. The lowest BCUT2D eigenvalue weighted by atomic mass is 10.2. The normalized spacial score (nSPS) is 15.7. The maximum absolute atomic E-state index is 13.5. The van der Waals surface area contributed by atoms with Gasteiger partial charge in [0.2, 0.25) is 5.91 Å². The van der Waals surface area contributed by atoms with Gasteiger partial charge in [0.1, 0.15) is 5.82 Å². The van der Waals surface area contributed by atoms with Crippen LogP contribution in [0.2, 0.25) is 0 Å². The topological polar surface area (TPSA) is 48.5 Å². The highest BCUT2D eigenvalue weighted by Crippen LogP contribution is 2.19. The smallest absolute Gasteiger partial charge is 0.238 e. The fraction of sp³-hybridized carbons (Fsp3) is 0.375. The average Bonchev–Trinajstić information content (AvgIpc) is 3.06. The third-order valence-electron chi connectivity index (χ3n) is 3.88. The minimum Gasteiger partial charge on any atom is -0.346 e. The molecule has 0 atom stereocenters. The number of amides is 1. The molecule has 3 rings (SSSR count). The molecule has 0 radical (unpaired) electrons. The number of carbonyl (C=O) groups excluding carboxylic acids is 1. The first-order valence-electron chi connectivity index (χ1n) is 7.54. The molecule has 1 aromatic heterocycles. The maximum atomic E-state index is 13.5. The van der Waals surface area contributed by atoms with Crippen molar-refractivity contribution in [2.45, 2.75) is 6.92 Å². The van der Waals surface area contributed by atoms with Crippen LogP contribution in [0.3, 0.4) is 0 Å². The molecule has 7 heteroatoms. The number of aromatic nitrogens is 1. The summed E-state index contributed by atoms with van der Waals surface area (Å²) in [5.74, 6) is -0.421. The molecule has 1 aliphatic rings. The number of carbonyl (C=O) groups is 1. The zero-order valence-corrected chi connectivity index (χ0v) is 13.8. The summed E-state index contributed by atoms with van der Waals surface area (Å²) >= 11 is 1.63. The quantitative estimate of drug-likeness (QED) is 0.932. The zero-order valence-electron chi connectivity index (χ0n) is 13.0. The molecule has 5 nitrogen and oxygen atoms in total. The third-order valence-corrected chi connectivity index (χ3v) is 4.72. The molecule has 2 aromatic rings. The van der Waals surface area contributed by atoms with Gasteiger partial charge in [-0.3, -0.25) is 9.69 Å². The molecule has 1 N–H and O–H groups in total. The van der Waals surface area contributed by atoms with Gasteiger partial charge in [-0.2, -0.15) is 0 Å². The molecule has 0 bridgehead atoms. The Balaban J connectivity index is 1.48. The molecule has 1 aliphatic heterocycles. The summed E-state index contributed by atoms with van der Waals surface area (Å²) in [6.45, 7) is 5.37. The van der Waals surface area contributed by atoms with Gasteiger partial charge in [0.25, 0.3) is 0 Å². The van der Waals surface area contributed by atoms with Gasteiger partial charge in [0.05, 0.1) is 6.54 Å². The number of rotatable bonds is 4. The fourth-order valence-electron chi connectivity index (χ4n) is 2.54. The number of thiazole rings is 1. The standard InChI is InChI=1S/C16H19FN4OS/c1-12-2-3-13(10-14(12)17)19-15(22)11-20-5-7-21(8-6-20)16-18-4-9-23-16/h2-4,9-10H,5-8,11H2,1H3,(H,19,22). The molecule has 122 valence electrons. The van der Waals surface area contributed by atoms with Crippen LogP contribution in [-0.4, -0.2) is 48.5 Å². The Morgan fingerprint density at radius 2 is 2.13 bits per heavy atom. The van der Waals surface area contributed by atoms with Crippen LogP contribution in [0.4, 0.5) is 15.2 Å². The summed E-state index contributed by atoms with van der Waals surface area (Å²) in [4.78, 5) is 20.7. The van der Waals surface area contributed by atoms with Crippen LogP contribution in [0.1, 0.15) is 5.56 Å². The van der Waals surface area contributed by atoms with Crippen molar-refractivity contribution in [2.75, 3.05) is 42.9 Å². The van der Waals surface area contributed by atoms with E-state index in [1.807, 2.05) is 5.38 Å². The number of anilines is 2. The Morgan fingerprint density at radius 1 is 1.35 bits per heavy atom. The van der Waals surface area contributed by atoms with Gasteiger partial charge in [-0.15, -0.1) is 11.3 Å². The molecule has 1 saturated heterocycles. The molecule has 2 heterocycles. The Morgan fingerprint density at radius 3 is 2.78 bits per heavy atom. The fourth-order valence-corrected chi connectivity index (χ4v) is 3.24. The Hall–Kier alpha value is -1.99. The molecule has 1 aromatic carbocycles. The highest BCUT2D eigenvalue weighted by atomic mass is 32.1. The van der Waals surface area contributed by atoms with Crippen molar-refractivity contribution in [3.63, 3.8) is 0 Å². The summed E-state index contributed by atoms with van der Waals surface area (Å²) in [6.07, 6.45) is 1.81. The van der Waals surface area contributed by atoms with Crippen LogP contribution in [0.15, 0.2) is 29.8 Å². The Labute approximate surface area is 138 Å². The van der Waals surface area contributed by atoms with Crippen LogP contribution >= 0.6 is 11.3 Å². The molecule has 1 fully saturated rings. The summed E-state index contributed by atoms with van der Waals surface area (Å²) < 4.78 is 13.5. The first-order valence-corrected chi connectivity index (χ1v) is 8.42. The van der Waals surface area contributed by atoms with Gasteiger partial charge in [0.15, 0.2) is 5.13 Å². The molecule has 0 saturated carbocycles. The van der Waals surface area contributed by atoms with E-state index in [1.165, 1.54) is 6.07 Å². The SMILES string of the molecule is Cc1ccc(NC(=O)CN2CCN(c3nccs3)CC2)cc1F. The van der Waals surface area contributed by atoms with Crippen molar-refractivity contribution in [1.82, 2.24) is 9.88 Å². The average molecular weight is 334 g/mol.